The predicted molar refractivity (Wildman–Crippen MR) is 108 cm³/mol. The monoisotopic (exact) mass is 453 g/mol. The Morgan fingerprint density at radius 2 is 1.96 bits per heavy atom. The van der Waals surface area contributed by atoms with E-state index in [9.17, 15) is 4.79 Å². The number of ether oxygens (including phenoxy) is 1. The molecule has 1 aromatic heterocycles. The van der Waals surface area contributed by atoms with Crippen molar-refractivity contribution in [3.63, 3.8) is 0 Å². The number of nitrogens with one attached hydrogen (secondary N) is 2. The topological polar surface area (TPSA) is 63.2 Å². The summed E-state index contributed by atoms with van der Waals surface area (Å²) in [6, 6.07) is 11.1. The van der Waals surface area contributed by atoms with E-state index in [0.29, 0.717) is 5.82 Å². The van der Waals surface area contributed by atoms with Crippen molar-refractivity contribution >= 4 is 57.7 Å². The molecule has 0 aliphatic carbocycles. The lowest BCUT2D eigenvalue weighted by Crippen LogP contribution is -2.33. The summed E-state index contributed by atoms with van der Waals surface area (Å²) in [5, 5.41) is 5.67. The molecular weight excluding hydrogens is 437 g/mol. The fraction of sp³-hybridized carbons (Fsp3) is 0.118. The zero-order valence-electron chi connectivity index (χ0n) is 13.2. The first-order chi connectivity index (χ1) is 11.5. The van der Waals surface area contributed by atoms with Crippen molar-refractivity contribution in [1.29, 1.82) is 0 Å². The Morgan fingerprint density at radius 3 is 2.58 bits per heavy atom. The SMILES string of the molecule is COc1ccc(/C=C/C(=O)NC(=S)Nc2ccc(I)c(C)n2)cc1. The number of pyridine rings is 1. The average molecular weight is 453 g/mol. The van der Waals surface area contributed by atoms with Gasteiger partial charge in [0, 0.05) is 9.65 Å². The van der Waals surface area contributed by atoms with Crippen molar-refractivity contribution in [2.45, 2.75) is 6.92 Å². The first-order valence-corrected chi connectivity index (χ1v) is 8.54. The summed E-state index contributed by atoms with van der Waals surface area (Å²) in [7, 11) is 1.61. The molecule has 2 aromatic rings. The molecule has 1 aromatic carbocycles. The quantitative estimate of drug-likeness (QED) is 0.422. The molecule has 0 aliphatic rings. The van der Waals surface area contributed by atoms with E-state index < -0.39 is 0 Å². The number of aromatic nitrogens is 1. The highest BCUT2D eigenvalue weighted by Gasteiger charge is 2.04. The molecule has 0 bridgehead atoms. The smallest absolute Gasteiger partial charge is 0.250 e. The van der Waals surface area contributed by atoms with Crippen molar-refractivity contribution < 1.29 is 9.53 Å². The molecule has 0 fully saturated rings. The van der Waals surface area contributed by atoms with Crippen LogP contribution in [0.1, 0.15) is 11.3 Å². The number of rotatable bonds is 4. The van der Waals surface area contributed by atoms with Gasteiger partial charge in [0.05, 0.1) is 12.8 Å². The number of anilines is 1. The molecule has 0 saturated heterocycles. The van der Waals surface area contributed by atoms with Gasteiger partial charge in [0.25, 0.3) is 0 Å². The van der Waals surface area contributed by atoms with Gasteiger partial charge in [-0.25, -0.2) is 4.98 Å². The number of hydrogen-bond acceptors (Lipinski definition) is 4. The van der Waals surface area contributed by atoms with E-state index in [4.69, 9.17) is 17.0 Å². The second kappa shape index (κ2) is 8.74. The van der Waals surface area contributed by atoms with Crippen LogP contribution in [0.15, 0.2) is 42.5 Å². The Kier molecular flexibility index (Phi) is 6.68. The molecule has 0 radical (unpaired) electrons. The fourth-order valence-corrected chi connectivity index (χ4v) is 2.31. The van der Waals surface area contributed by atoms with Gasteiger partial charge in [0.15, 0.2) is 5.11 Å². The number of amides is 1. The van der Waals surface area contributed by atoms with E-state index >= 15 is 0 Å². The number of thiocarbonyl (C=S) groups is 1. The van der Waals surface area contributed by atoms with Crippen LogP contribution >= 0.6 is 34.8 Å². The van der Waals surface area contributed by atoms with Crippen LogP contribution in [-0.2, 0) is 4.79 Å². The number of nitrogens with zero attached hydrogens (tertiary/aromatic N) is 1. The summed E-state index contributed by atoms with van der Waals surface area (Å²) in [5.41, 5.74) is 1.79. The van der Waals surface area contributed by atoms with Gasteiger partial charge in [-0.1, -0.05) is 12.1 Å². The Morgan fingerprint density at radius 1 is 1.25 bits per heavy atom. The lowest BCUT2D eigenvalue weighted by Gasteiger charge is -2.08. The van der Waals surface area contributed by atoms with Gasteiger partial charge in [-0.3, -0.25) is 10.1 Å². The van der Waals surface area contributed by atoms with Gasteiger partial charge in [0.1, 0.15) is 11.6 Å². The zero-order valence-corrected chi connectivity index (χ0v) is 16.1. The van der Waals surface area contributed by atoms with Crippen LogP contribution in [0.2, 0.25) is 0 Å². The number of carbonyl (C=O) groups is 1. The third-order valence-electron chi connectivity index (χ3n) is 3.04. The molecular formula is C17H16IN3O2S. The van der Waals surface area contributed by atoms with E-state index in [2.05, 4.69) is 38.2 Å². The molecule has 2 N–H and O–H groups in total. The number of aryl methyl sites for hydroxylation is 1. The zero-order chi connectivity index (χ0) is 17.5. The van der Waals surface area contributed by atoms with E-state index in [-0.39, 0.29) is 11.0 Å². The molecule has 1 heterocycles. The molecule has 24 heavy (non-hydrogen) atoms. The third-order valence-corrected chi connectivity index (χ3v) is 4.39. The number of hydrogen-bond donors (Lipinski definition) is 2. The van der Waals surface area contributed by atoms with Crippen molar-refractivity contribution in [2.75, 3.05) is 12.4 Å². The first-order valence-electron chi connectivity index (χ1n) is 7.05. The average Bonchev–Trinajstić information content (AvgIpc) is 2.56. The van der Waals surface area contributed by atoms with Gasteiger partial charge < -0.3 is 10.1 Å². The number of benzene rings is 1. The molecule has 2 rings (SSSR count). The standard InChI is InChI=1S/C17H16IN3O2S/c1-11-14(18)8-9-15(19-11)20-17(24)21-16(22)10-5-12-3-6-13(23-2)7-4-12/h3-10H,1-2H3,(H2,19,20,21,22,24)/b10-5+. The van der Waals surface area contributed by atoms with Crippen molar-refractivity contribution in [2.24, 2.45) is 0 Å². The van der Waals surface area contributed by atoms with Crippen LogP contribution in [0.5, 0.6) is 5.75 Å². The molecule has 0 saturated carbocycles. The van der Waals surface area contributed by atoms with E-state index in [1.54, 1.807) is 19.3 Å². The van der Waals surface area contributed by atoms with E-state index in [1.807, 2.05) is 37.3 Å². The maximum absolute atomic E-state index is 11.9. The minimum absolute atomic E-state index is 0.201. The lowest BCUT2D eigenvalue weighted by atomic mass is 10.2. The van der Waals surface area contributed by atoms with E-state index in [0.717, 1.165) is 20.6 Å². The fourth-order valence-electron chi connectivity index (χ4n) is 1.80. The first kappa shape index (κ1) is 18.3. The molecule has 5 nitrogen and oxygen atoms in total. The summed E-state index contributed by atoms with van der Waals surface area (Å²) in [6.45, 7) is 1.91. The molecule has 0 atom stereocenters. The summed E-state index contributed by atoms with van der Waals surface area (Å²) >= 11 is 7.32. The Labute approximate surface area is 159 Å². The van der Waals surface area contributed by atoms with Gasteiger partial charge in [-0.2, -0.15) is 0 Å². The maximum Gasteiger partial charge on any atom is 0.250 e. The summed E-state index contributed by atoms with van der Waals surface area (Å²) in [4.78, 5) is 16.2. The highest BCUT2D eigenvalue weighted by atomic mass is 127. The van der Waals surface area contributed by atoms with Crippen LogP contribution in [0.4, 0.5) is 5.82 Å². The Bertz CT molecular complexity index is 776. The predicted octanol–water partition coefficient (Wildman–Crippen LogP) is 3.53. The Hall–Kier alpha value is -2.00. The van der Waals surface area contributed by atoms with E-state index in [1.165, 1.54) is 6.08 Å². The van der Waals surface area contributed by atoms with Crippen molar-refractivity contribution in [3.8, 4) is 5.75 Å². The number of halogens is 1. The third kappa shape index (κ3) is 5.57. The van der Waals surface area contributed by atoms with Gasteiger partial charge >= 0.3 is 0 Å². The molecule has 124 valence electrons. The van der Waals surface area contributed by atoms with Crippen molar-refractivity contribution in [1.82, 2.24) is 10.3 Å². The minimum Gasteiger partial charge on any atom is -0.497 e. The van der Waals surface area contributed by atoms with Gasteiger partial charge in [-0.05, 0) is 77.6 Å². The molecule has 1 amide bonds. The van der Waals surface area contributed by atoms with Crippen molar-refractivity contribution in [3.05, 3.63) is 57.3 Å². The van der Waals surface area contributed by atoms with Crippen LogP contribution in [-0.4, -0.2) is 23.1 Å². The minimum atomic E-state index is -0.314. The highest BCUT2D eigenvalue weighted by Crippen LogP contribution is 2.13. The van der Waals surface area contributed by atoms with Crippen LogP contribution < -0.4 is 15.4 Å². The molecule has 7 heteroatoms. The van der Waals surface area contributed by atoms with Gasteiger partial charge in [0.2, 0.25) is 5.91 Å². The van der Waals surface area contributed by atoms with Crippen LogP contribution in [0.3, 0.4) is 0 Å². The largest absolute Gasteiger partial charge is 0.497 e. The number of carbonyl (C=O) groups excluding carboxylic acids is 1. The summed E-state index contributed by atoms with van der Waals surface area (Å²) in [6.07, 6.45) is 3.12. The highest BCUT2D eigenvalue weighted by molar-refractivity contribution is 14.1. The van der Waals surface area contributed by atoms with Gasteiger partial charge in [-0.15, -0.1) is 0 Å². The lowest BCUT2D eigenvalue weighted by molar-refractivity contribution is -0.115. The molecule has 0 aliphatic heterocycles. The summed E-state index contributed by atoms with van der Waals surface area (Å²) in [5.74, 6) is 1.05. The molecule has 0 unspecified atom stereocenters. The second-order valence-corrected chi connectivity index (χ2v) is 6.38. The number of methoxy groups -OCH3 is 1. The molecule has 0 spiro atoms. The van der Waals surface area contributed by atoms with Crippen LogP contribution in [0, 0.1) is 10.5 Å². The second-order valence-electron chi connectivity index (χ2n) is 4.81. The Balaban J connectivity index is 1.89. The normalized spacial score (nSPS) is 10.5. The summed E-state index contributed by atoms with van der Waals surface area (Å²) < 4.78 is 6.15. The maximum atomic E-state index is 11.9. The van der Waals surface area contributed by atoms with Crippen LogP contribution in [0.25, 0.3) is 6.08 Å².